The van der Waals surface area contributed by atoms with Crippen LogP contribution in [0.1, 0.15) is 44.3 Å². The van der Waals surface area contributed by atoms with Gasteiger partial charge in [-0.15, -0.1) is 0 Å². The molecule has 0 amide bonds. The minimum Gasteiger partial charge on any atom is -0.497 e. The summed E-state index contributed by atoms with van der Waals surface area (Å²) in [5.41, 5.74) is 11.3. The number of hydrogen-bond donors (Lipinski definition) is 1. The summed E-state index contributed by atoms with van der Waals surface area (Å²) in [5, 5.41) is 10.8. The molecular formula is C30H26N2O6. The topological polar surface area (TPSA) is 117 Å². The maximum atomic E-state index is 13.1. The molecular weight excluding hydrogens is 484 g/mol. The van der Waals surface area contributed by atoms with Crippen LogP contribution < -0.4 is 24.7 Å². The Kier molecular flexibility index (Phi) is 6.21. The summed E-state index contributed by atoms with van der Waals surface area (Å²) in [5.74, 6) is 0.637. The van der Waals surface area contributed by atoms with Crippen molar-refractivity contribution in [1.82, 2.24) is 0 Å². The van der Waals surface area contributed by atoms with Gasteiger partial charge in [0, 0.05) is 28.1 Å². The van der Waals surface area contributed by atoms with Crippen LogP contribution in [0.15, 0.2) is 64.4 Å². The molecule has 0 saturated carbocycles. The van der Waals surface area contributed by atoms with Crippen LogP contribution in [0.2, 0.25) is 0 Å². The third-order valence-corrected chi connectivity index (χ3v) is 6.89. The number of methoxy groups -OCH3 is 2. The van der Waals surface area contributed by atoms with Gasteiger partial charge < -0.3 is 29.1 Å². The third-order valence-electron chi connectivity index (χ3n) is 6.89. The summed E-state index contributed by atoms with van der Waals surface area (Å²) < 4.78 is 28.3. The molecule has 8 nitrogen and oxygen atoms in total. The highest BCUT2D eigenvalue weighted by Crippen LogP contribution is 2.46. The summed E-state index contributed by atoms with van der Waals surface area (Å²) in [6.45, 7) is 5.83. The van der Waals surface area contributed by atoms with Crippen LogP contribution in [0.4, 0.5) is 0 Å². The van der Waals surface area contributed by atoms with E-state index in [9.17, 15) is 10.1 Å². The number of nitrogens with zero attached hydrogens (tertiary/aromatic N) is 1. The molecule has 0 bridgehead atoms. The van der Waals surface area contributed by atoms with Crippen LogP contribution in [0.25, 0.3) is 11.0 Å². The van der Waals surface area contributed by atoms with Gasteiger partial charge in [-0.3, -0.25) is 0 Å². The van der Waals surface area contributed by atoms with Gasteiger partial charge in [-0.2, -0.15) is 5.26 Å². The number of benzene rings is 3. The molecule has 4 aromatic rings. The lowest BCUT2D eigenvalue weighted by Gasteiger charge is -2.28. The minimum absolute atomic E-state index is 0.0442. The van der Waals surface area contributed by atoms with E-state index in [0.717, 1.165) is 16.5 Å². The summed E-state index contributed by atoms with van der Waals surface area (Å²) in [6.07, 6.45) is 0. The molecule has 0 spiro atoms. The van der Waals surface area contributed by atoms with Crippen molar-refractivity contribution in [3.05, 3.63) is 93.6 Å². The summed E-state index contributed by atoms with van der Waals surface area (Å²) in [7, 11) is 3.11. The van der Waals surface area contributed by atoms with Gasteiger partial charge in [-0.05, 0) is 68.3 Å². The van der Waals surface area contributed by atoms with Crippen molar-refractivity contribution >= 4 is 16.9 Å². The van der Waals surface area contributed by atoms with Crippen molar-refractivity contribution < 1.29 is 28.2 Å². The van der Waals surface area contributed by atoms with E-state index in [1.807, 2.05) is 32.9 Å². The van der Waals surface area contributed by atoms with Crippen LogP contribution in [0, 0.1) is 32.1 Å². The second kappa shape index (κ2) is 9.52. The Bertz CT molecular complexity index is 1670. The number of rotatable bonds is 5. The molecule has 0 fully saturated rings. The van der Waals surface area contributed by atoms with Crippen molar-refractivity contribution in [3.63, 3.8) is 0 Å². The molecule has 38 heavy (non-hydrogen) atoms. The van der Waals surface area contributed by atoms with Gasteiger partial charge in [0.1, 0.15) is 40.2 Å². The third kappa shape index (κ3) is 4.08. The quantitative estimate of drug-likeness (QED) is 0.264. The van der Waals surface area contributed by atoms with Crippen molar-refractivity contribution in [1.29, 1.82) is 5.26 Å². The SMILES string of the molecule is COc1ccc(OC)c(C2C(C#N)=C(N)Oc3cc(OC(=O)c4oc5cc(C)c(C)cc5c4C)ccc32)c1. The molecule has 1 aromatic heterocycles. The van der Waals surface area contributed by atoms with Gasteiger partial charge >= 0.3 is 5.97 Å². The first-order chi connectivity index (χ1) is 18.2. The maximum absolute atomic E-state index is 13.1. The summed E-state index contributed by atoms with van der Waals surface area (Å²) >= 11 is 0. The van der Waals surface area contributed by atoms with E-state index < -0.39 is 11.9 Å². The highest BCUT2D eigenvalue weighted by molar-refractivity contribution is 5.97. The van der Waals surface area contributed by atoms with E-state index >= 15 is 0 Å². The summed E-state index contributed by atoms with van der Waals surface area (Å²) in [4.78, 5) is 13.1. The maximum Gasteiger partial charge on any atom is 0.379 e. The monoisotopic (exact) mass is 510 g/mol. The number of allylic oxidation sites excluding steroid dienone is 1. The lowest BCUT2D eigenvalue weighted by molar-refractivity contribution is 0.0702. The van der Waals surface area contributed by atoms with E-state index in [-0.39, 0.29) is 23.0 Å². The fourth-order valence-electron chi connectivity index (χ4n) is 4.71. The number of hydrogen-bond acceptors (Lipinski definition) is 8. The molecule has 2 heterocycles. The Morgan fingerprint density at radius 2 is 1.68 bits per heavy atom. The number of ether oxygens (including phenoxy) is 4. The fraction of sp³-hybridized carbons (Fsp3) is 0.200. The van der Waals surface area contributed by atoms with Gasteiger partial charge in [0.15, 0.2) is 0 Å². The fourth-order valence-corrected chi connectivity index (χ4v) is 4.71. The molecule has 5 rings (SSSR count). The molecule has 3 aromatic carbocycles. The minimum atomic E-state index is -0.628. The van der Waals surface area contributed by atoms with Crippen LogP contribution in [-0.4, -0.2) is 20.2 Å². The first kappa shape index (κ1) is 24.8. The van der Waals surface area contributed by atoms with Gasteiger partial charge in [-0.1, -0.05) is 6.07 Å². The molecule has 0 aliphatic carbocycles. The second-order valence-electron chi connectivity index (χ2n) is 9.11. The Balaban J connectivity index is 1.52. The first-order valence-electron chi connectivity index (χ1n) is 11.9. The van der Waals surface area contributed by atoms with E-state index in [2.05, 4.69) is 6.07 Å². The Morgan fingerprint density at radius 1 is 0.947 bits per heavy atom. The van der Waals surface area contributed by atoms with Crippen LogP contribution in [0.3, 0.4) is 0 Å². The highest BCUT2D eigenvalue weighted by atomic mass is 16.5. The van der Waals surface area contributed by atoms with Crippen LogP contribution in [0.5, 0.6) is 23.0 Å². The standard InChI is InChI=1S/C30H26N2O6/c1-15-10-21-17(3)28(37-25(21)11-16(15)2)30(33)36-19-6-8-20-26(13-19)38-29(32)23(14-31)27(20)22-12-18(34-4)7-9-24(22)35-5/h6-13,27H,32H2,1-5H3. The Hall–Kier alpha value is -4.90. The zero-order valence-electron chi connectivity index (χ0n) is 21.7. The van der Waals surface area contributed by atoms with E-state index in [1.165, 1.54) is 0 Å². The average molecular weight is 511 g/mol. The molecule has 1 aliphatic heterocycles. The molecule has 0 saturated heterocycles. The predicted octanol–water partition coefficient (Wildman–Crippen LogP) is 5.81. The van der Waals surface area contributed by atoms with Gasteiger partial charge in [0.05, 0.1) is 20.1 Å². The number of furan rings is 1. The molecule has 192 valence electrons. The van der Waals surface area contributed by atoms with Crippen molar-refractivity contribution in [2.75, 3.05) is 14.2 Å². The molecule has 1 aliphatic rings. The van der Waals surface area contributed by atoms with Crippen LogP contribution in [-0.2, 0) is 0 Å². The zero-order valence-corrected chi connectivity index (χ0v) is 21.7. The van der Waals surface area contributed by atoms with Gasteiger partial charge in [-0.25, -0.2) is 4.79 Å². The smallest absolute Gasteiger partial charge is 0.379 e. The number of aryl methyl sites for hydroxylation is 3. The van der Waals surface area contributed by atoms with E-state index in [4.69, 9.17) is 29.1 Å². The number of esters is 1. The Labute approximate surface area is 219 Å². The van der Waals surface area contributed by atoms with Crippen molar-refractivity contribution in [2.45, 2.75) is 26.7 Å². The number of fused-ring (bicyclic) bond motifs is 2. The molecule has 0 radical (unpaired) electrons. The van der Waals surface area contributed by atoms with E-state index in [1.54, 1.807) is 50.6 Å². The normalized spacial score (nSPS) is 14.5. The number of nitrogens with two attached hydrogens (primary N) is 1. The van der Waals surface area contributed by atoms with Crippen molar-refractivity contribution in [2.24, 2.45) is 5.73 Å². The number of carbonyl (C=O) groups excluding carboxylic acids is 1. The van der Waals surface area contributed by atoms with E-state index in [0.29, 0.717) is 39.5 Å². The van der Waals surface area contributed by atoms with Gasteiger partial charge in [0.2, 0.25) is 11.6 Å². The van der Waals surface area contributed by atoms with Gasteiger partial charge in [0.25, 0.3) is 0 Å². The highest BCUT2D eigenvalue weighted by Gasteiger charge is 2.33. The molecule has 1 unspecified atom stereocenters. The second-order valence-corrected chi connectivity index (χ2v) is 9.11. The largest absolute Gasteiger partial charge is 0.497 e. The lowest BCUT2D eigenvalue weighted by atomic mass is 9.83. The molecule has 1 atom stereocenters. The zero-order chi connectivity index (χ0) is 27.1. The molecule has 2 N–H and O–H groups in total. The average Bonchev–Trinajstić information content (AvgIpc) is 3.22. The van der Waals surface area contributed by atoms with Crippen molar-refractivity contribution in [3.8, 4) is 29.1 Å². The molecule has 8 heteroatoms. The number of carbonyl (C=O) groups is 1. The number of nitriles is 1. The van der Waals surface area contributed by atoms with Crippen LogP contribution >= 0.6 is 0 Å². The lowest BCUT2D eigenvalue weighted by Crippen LogP contribution is -2.21. The Morgan fingerprint density at radius 3 is 2.39 bits per heavy atom. The first-order valence-corrected chi connectivity index (χ1v) is 11.9. The predicted molar refractivity (Wildman–Crippen MR) is 141 cm³/mol. The summed E-state index contributed by atoms with van der Waals surface area (Å²) in [6, 6.07) is 16.4.